The molecular formula is C16H15BrF2N4O. The van der Waals surface area contributed by atoms with Gasteiger partial charge >= 0.3 is 0 Å². The van der Waals surface area contributed by atoms with Crippen LogP contribution in [0.15, 0.2) is 28.9 Å². The van der Waals surface area contributed by atoms with Gasteiger partial charge in [-0.1, -0.05) is 0 Å². The Morgan fingerprint density at radius 1 is 1.42 bits per heavy atom. The Balaban J connectivity index is 1.65. The standard InChI is InChI=1S/C16H15BrF2N4O/c17-11-5-12-16(20-6-11)23(15(21-12)10-1-2-10)8-22-7-9(3-13(18)19)4-14(22)24/h3,5-6,9-10H,1-2,4,7-8H2. The van der Waals surface area contributed by atoms with E-state index in [2.05, 4.69) is 25.9 Å². The normalized spacial score (nSPS) is 20.9. The van der Waals surface area contributed by atoms with Crippen molar-refractivity contribution in [1.82, 2.24) is 19.4 Å². The smallest absolute Gasteiger partial charge is 0.266 e. The van der Waals surface area contributed by atoms with Gasteiger partial charge in [-0.3, -0.25) is 9.36 Å². The van der Waals surface area contributed by atoms with Crippen LogP contribution in [0.5, 0.6) is 0 Å². The van der Waals surface area contributed by atoms with E-state index in [1.165, 1.54) is 0 Å². The summed E-state index contributed by atoms with van der Waals surface area (Å²) in [6.45, 7) is 0.616. The summed E-state index contributed by atoms with van der Waals surface area (Å²) in [5.41, 5.74) is 1.51. The van der Waals surface area contributed by atoms with Gasteiger partial charge in [-0.15, -0.1) is 0 Å². The number of halogens is 3. The van der Waals surface area contributed by atoms with Crippen LogP contribution in [-0.2, 0) is 11.5 Å². The second kappa shape index (κ2) is 5.91. The zero-order chi connectivity index (χ0) is 16.8. The molecular weight excluding hydrogens is 382 g/mol. The highest BCUT2D eigenvalue weighted by Gasteiger charge is 2.33. The van der Waals surface area contributed by atoms with Crippen molar-refractivity contribution in [3.05, 3.63) is 34.7 Å². The van der Waals surface area contributed by atoms with Gasteiger partial charge in [0.15, 0.2) is 5.65 Å². The van der Waals surface area contributed by atoms with Crippen LogP contribution in [0, 0.1) is 5.92 Å². The molecule has 1 amide bonds. The molecule has 0 spiro atoms. The lowest BCUT2D eigenvalue weighted by Crippen LogP contribution is -2.28. The molecule has 0 bridgehead atoms. The van der Waals surface area contributed by atoms with Crippen LogP contribution in [0.25, 0.3) is 11.2 Å². The van der Waals surface area contributed by atoms with Gasteiger partial charge in [0.05, 0.1) is 0 Å². The van der Waals surface area contributed by atoms with Crippen LogP contribution in [-0.4, -0.2) is 31.9 Å². The number of imidazole rings is 1. The molecule has 0 N–H and O–H groups in total. The Kier molecular flexibility index (Phi) is 3.86. The highest BCUT2D eigenvalue weighted by molar-refractivity contribution is 9.10. The monoisotopic (exact) mass is 396 g/mol. The van der Waals surface area contributed by atoms with E-state index in [-0.39, 0.29) is 12.3 Å². The minimum Gasteiger partial charge on any atom is -0.324 e. The fourth-order valence-corrected chi connectivity index (χ4v) is 3.52. The fourth-order valence-electron chi connectivity index (χ4n) is 3.20. The molecule has 2 fully saturated rings. The zero-order valence-corrected chi connectivity index (χ0v) is 14.3. The number of likely N-dealkylation sites (tertiary alicyclic amines) is 1. The molecule has 1 saturated heterocycles. The number of amides is 1. The molecule has 0 radical (unpaired) electrons. The summed E-state index contributed by atoms with van der Waals surface area (Å²) in [6, 6.07) is 1.90. The van der Waals surface area contributed by atoms with Crippen LogP contribution in [0.2, 0.25) is 0 Å². The SMILES string of the molecule is O=C1CC(C=C(F)F)CN1Cn1c(C2CC2)nc2cc(Br)cnc21. The van der Waals surface area contributed by atoms with Crippen LogP contribution in [0.1, 0.15) is 31.0 Å². The number of rotatable bonds is 4. The molecule has 3 heterocycles. The quantitative estimate of drug-likeness (QED) is 0.792. The Bertz CT molecular complexity index is 842. The first-order chi connectivity index (χ1) is 11.5. The van der Waals surface area contributed by atoms with E-state index in [4.69, 9.17) is 0 Å². The fraction of sp³-hybridized carbons (Fsp3) is 0.438. The van der Waals surface area contributed by atoms with Crippen LogP contribution >= 0.6 is 15.9 Å². The van der Waals surface area contributed by atoms with Crippen molar-refractivity contribution in [2.24, 2.45) is 5.92 Å². The Morgan fingerprint density at radius 2 is 2.21 bits per heavy atom. The van der Waals surface area contributed by atoms with Gasteiger partial charge in [-0.05, 0) is 40.9 Å². The Hall–Kier alpha value is -1.83. The molecule has 24 heavy (non-hydrogen) atoms. The predicted molar refractivity (Wildman–Crippen MR) is 87.3 cm³/mol. The third-order valence-corrected chi connectivity index (χ3v) is 4.88. The summed E-state index contributed by atoms with van der Waals surface area (Å²) >= 11 is 3.39. The van der Waals surface area contributed by atoms with E-state index in [0.29, 0.717) is 19.1 Å². The van der Waals surface area contributed by atoms with Crippen molar-refractivity contribution in [1.29, 1.82) is 0 Å². The molecule has 1 aliphatic heterocycles. The van der Waals surface area contributed by atoms with Gasteiger partial charge in [0.2, 0.25) is 5.91 Å². The maximum Gasteiger partial charge on any atom is 0.266 e. The summed E-state index contributed by atoms with van der Waals surface area (Å²) in [6.07, 6.45) is 3.14. The van der Waals surface area contributed by atoms with Gasteiger partial charge in [0, 0.05) is 35.5 Å². The number of hydrogen-bond acceptors (Lipinski definition) is 3. The maximum atomic E-state index is 12.4. The van der Waals surface area contributed by atoms with E-state index in [9.17, 15) is 13.6 Å². The molecule has 8 heteroatoms. The topological polar surface area (TPSA) is 51.0 Å². The van der Waals surface area contributed by atoms with E-state index in [1.807, 2.05) is 10.6 Å². The lowest BCUT2D eigenvalue weighted by Gasteiger charge is -2.18. The number of fused-ring (bicyclic) bond motifs is 1. The summed E-state index contributed by atoms with van der Waals surface area (Å²) in [5, 5.41) is 0. The largest absolute Gasteiger partial charge is 0.324 e. The zero-order valence-electron chi connectivity index (χ0n) is 12.8. The Morgan fingerprint density at radius 3 is 2.92 bits per heavy atom. The number of hydrogen-bond donors (Lipinski definition) is 0. The molecule has 0 aromatic carbocycles. The molecule has 1 saturated carbocycles. The molecule has 2 aromatic rings. The summed E-state index contributed by atoms with van der Waals surface area (Å²) in [4.78, 5) is 22.9. The molecule has 1 atom stereocenters. The van der Waals surface area contributed by atoms with Crippen molar-refractivity contribution in [2.75, 3.05) is 6.54 Å². The van der Waals surface area contributed by atoms with Gasteiger partial charge in [0.25, 0.3) is 6.08 Å². The van der Waals surface area contributed by atoms with Crippen molar-refractivity contribution in [3.63, 3.8) is 0 Å². The van der Waals surface area contributed by atoms with Crippen LogP contribution in [0.3, 0.4) is 0 Å². The van der Waals surface area contributed by atoms with Gasteiger partial charge in [-0.2, -0.15) is 8.78 Å². The number of carbonyl (C=O) groups is 1. The van der Waals surface area contributed by atoms with Crippen LogP contribution in [0.4, 0.5) is 8.78 Å². The first kappa shape index (κ1) is 15.7. The third-order valence-electron chi connectivity index (χ3n) is 4.44. The lowest BCUT2D eigenvalue weighted by molar-refractivity contribution is -0.129. The first-order valence-electron chi connectivity index (χ1n) is 7.83. The molecule has 1 unspecified atom stereocenters. The summed E-state index contributed by atoms with van der Waals surface area (Å²) in [5.74, 6) is 0.788. The van der Waals surface area contributed by atoms with Crippen molar-refractivity contribution in [2.45, 2.75) is 31.8 Å². The second-order valence-electron chi connectivity index (χ2n) is 6.35. The average Bonchev–Trinajstić information content (AvgIpc) is 3.21. The van der Waals surface area contributed by atoms with Crippen molar-refractivity contribution >= 4 is 33.0 Å². The van der Waals surface area contributed by atoms with Crippen molar-refractivity contribution < 1.29 is 13.6 Å². The van der Waals surface area contributed by atoms with E-state index >= 15 is 0 Å². The molecule has 1 aliphatic carbocycles. The van der Waals surface area contributed by atoms with Crippen LogP contribution < -0.4 is 0 Å². The number of carbonyl (C=O) groups excluding carboxylic acids is 1. The van der Waals surface area contributed by atoms with Gasteiger partial charge in [-0.25, -0.2) is 9.97 Å². The molecule has 4 rings (SSSR count). The predicted octanol–water partition coefficient (Wildman–Crippen LogP) is 3.66. The number of nitrogens with zero attached hydrogens (tertiary/aromatic N) is 4. The summed E-state index contributed by atoms with van der Waals surface area (Å²) < 4.78 is 27.7. The molecule has 2 aliphatic rings. The maximum absolute atomic E-state index is 12.4. The van der Waals surface area contributed by atoms with E-state index in [0.717, 1.165) is 40.4 Å². The average molecular weight is 397 g/mol. The molecule has 2 aromatic heterocycles. The Labute approximate surface area is 145 Å². The lowest BCUT2D eigenvalue weighted by atomic mass is 10.1. The first-order valence-corrected chi connectivity index (χ1v) is 8.63. The number of aromatic nitrogens is 3. The van der Waals surface area contributed by atoms with E-state index in [1.54, 1.807) is 11.1 Å². The van der Waals surface area contributed by atoms with E-state index < -0.39 is 12.0 Å². The molecule has 126 valence electrons. The highest BCUT2D eigenvalue weighted by Crippen LogP contribution is 2.41. The van der Waals surface area contributed by atoms with Gasteiger partial charge in [0.1, 0.15) is 18.0 Å². The second-order valence-corrected chi connectivity index (χ2v) is 7.26. The summed E-state index contributed by atoms with van der Waals surface area (Å²) in [7, 11) is 0. The minimum absolute atomic E-state index is 0.113. The third kappa shape index (κ3) is 2.94. The molecule has 5 nitrogen and oxygen atoms in total. The van der Waals surface area contributed by atoms with Gasteiger partial charge < -0.3 is 4.90 Å². The highest BCUT2D eigenvalue weighted by atomic mass is 79.9. The minimum atomic E-state index is -1.73. The van der Waals surface area contributed by atoms with Crippen molar-refractivity contribution in [3.8, 4) is 0 Å². The number of pyridine rings is 1.